The summed E-state index contributed by atoms with van der Waals surface area (Å²) in [6.07, 6.45) is 1.92. The number of ether oxygens (including phenoxy) is 1. The van der Waals surface area contributed by atoms with Crippen molar-refractivity contribution >= 4 is 10.0 Å². The van der Waals surface area contributed by atoms with Crippen molar-refractivity contribution in [3.63, 3.8) is 0 Å². The van der Waals surface area contributed by atoms with Gasteiger partial charge in [0.1, 0.15) is 0 Å². The van der Waals surface area contributed by atoms with Gasteiger partial charge in [0.25, 0.3) is 0 Å². The Kier molecular flexibility index (Phi) is 4.51. The summed E-state index contributed by atoms with van der Waals surface area (Å²) in [6.45, 7) is 3.10. The second kappa shape index (κ2) is 5.45. The van der Waals surface area contributed by atoms with Gasteiger partial charge in [-0.3, -0.25) is 0 Å². The predicted octanol–water partition coefficient (Wildman–Crippen LogP) is 0.244. The van der Waals surface area contributed by atoms with Crippen molar-refractivity contribution in [2.45, 2.75) is 25.9 Å². The number of nitrogens with one attached hydrogen (secondary N) is 1. The number of hydrogen-bond acceptors (Lipinski definition) is 4. The third-order valence-electron chi connectivity index (χ3n) is 2.57. The minimum Gasteiger partial charge on any atom is -0.378 e. The molecular weight excluding hydrogens is 216 g/mol. The van der Waals surface area contributed by atoms with E-state index in [0.29, 0.717) is 13.2 Å². The summed E-state index contributed by atoms with van der Waals surface area (Å²) in [7, 11) is -3.42. The Hall–Kier alpha value is -0.640. The standard InChI is InChI=1S/C9H16N2O3S/c1-2-9-8(3-5-14-9)7-11-15(12,13)6-4-10/h8-9,11H,2-3,5-7H2,1H3. The predicted molar refractivity (Wildman–Crippen MR) is 55.5 cm³/mol. The SMILES string of the molecule is CCC1OCCC1CNS(=O)(=O)CC#N. The van der Waals surface area contributed by atoms with Crippen LogP contribution in [0.1, 0.15) is 19.8 Å². The Labute approximate surface area is 90.5 Å². The van der Waals surface area contributed by atoms with Crippen LogP contribution in [0.3, 0.4) is 0 Å². The average molecular weight is 232 g/mol. The van der Waals surface area contributed by atoms with Crippen LogP contribution in [-0.2, 0) is 14.8 Å². The summed E-state index contributed by atoms with van der Waals surface area (Å²) in [4.78, 5) is 0. The van der Waals surface area contributed by atoms with E-state index in [9.17, 15) is 8.42 Å². The molecule has 0 bridgehead atoms. The fraction of sp³-hybridized carbons (Fsp3) is 0.889. The molecule has 0 aromatic carbocycles. The van der Waals surface area contributed by atoms with Crippen molar-refractivity contribution in [3.05, 3.63) is 0 Å². The van der Waals surface area contributed by atoms with Crippen LogP contribution in [0.25, 0.3) is 0 Å². The molecule has 0 aromatic heterocycles. The van der Waals surface area contributed by atoms with Gasteiger partial charge in [-0.05, 0) is 12.8 Å². The maximum absolute atomic E-state index is 11.2. The Morgan fingerprint density at radius 3 is 2.93 bits per heavy atom. The van der Waals surface area contributed by atoms with Crippen LogP contribution in [0.15, 0.2) is 0 Å². The van der Waals surface area contributed by atoms with Crippen molar-refractivity contribution in [1.82, 2.24) is 4.72 Å². The molecule has 5 nitrogen and oxygen atoms in total. The second-order valence-corrected chi connectivity index (χ2v) is 5.44. The lowest BCUT2D eigenvalue weighted by Crippen LogP contribution is -2.33. The highest BCUT2D eigenvalue weighted by molar-refractivity contribution is 7.89. The van der Waals surface area contributed by atoms with Gasteiger partial charge in [0.05, 0.1) is 12.2 Å². The van der Waals surface area contributed by atoms with E-state index in [1.807, 2.05) is 6.92 Å². The first-order valence-corrected chi connectivity index (χ1v) is 6.70. The fourth-order valence-corrected chi connectivity index (χ4v) is 2.49. The van der Waals surface area contributed by atoms with E-state index < -0.39 is 15.8 Å². The third-order valence-corrected chi connectivity index (χ3v) is 3.68. The van der Waals surface area contributed by atoms with E-state index in [1.54, 1.807) is 6.07 Å². The molecule has 1 saturated heterocycles. The smallest absolute Gasteiger partial charge is 0.225 e. The van der Waals surface area contributed by atoms with E-state index in [-0.39, 0.29) is 12.0 Å². The maximum Gasteiger partial charge on any atom is 0.225 e. The highest BCUT2D eigenvalue weighted by atomic mass is 32.2. The Balaban J connectivity index is 2.40. The molecule has 0 amide bonds. The maximum atomic E-state index is 11.2. The first kappa shape index (κ1) is 12.4. The molecule has 6 heteroatoms. The van der Waals surface area contributed by atoms with Crippen molar-refractivity contribution < 1.29 is 13.2 Å². The van der Waals surface area contributed by atoms with Crippen LogP contribution in [0.2, 0.25) is 0 Å². The Bertz CT molecular complexity index is 334. The molecule has 1 N–H and O–H groups in total. The van der Waals surface area contributed by atoms with E-state index in [0.717, 1.165) is 12.8 Å². The summed E-state index contributed by atoms with van der Waals surface area (Å²) in [5.74, 6) is -0.236. The Morgan fingerprint density at radius 2 is 2.33 bits per heavy atom. The minimum atomic E-state index is -3.42. The molecule has 0 radical (unpaired) electrons. The van der Waals surface area contributed by atoms with Crippen molar-refractivity contribution in [1.29, 1.82) is 5.26 Å². The minimum absolute atomic E-state index is 0.148. The molecule has 1 aliphatic rings. The van der Waals surface area contributed by atoms with E-state index in [1.165, 1.54) is 0 Å². The van der Waals surface area contributed by atoms with E-state index in [2.05, 4.69) is 4.72 Å². The zero-order valence-electron chi connectivity index (χ0n) is 8.77. The van der Waals surface area contributed by atoms with Crippen LogP contribution in [0.5, 0.6) is 0 Å². The third kappa shape index (κ3) is 3.78. The summed E-state index contributed by atoms with van der Waals surface area (Å²) in [5, 5.41) is 8.30. The van der Waals surface area contributed by atoms with Gasteiger partial charge < -0.3 is 4.74 Å². The van der Waals surface area contributed by atoms with Gasteiger partial charge in [-0.1, -0.05) is 6.92 Å². The number of nitrogens with zero attached hydrogens (tertiary/aromatic N) is 1. The lowest BCUT2D eigenvalue weighted by Gasteiger charge is -2.16. The molecule has 0 aliphatic carbocycles. The molecular formula is C9H16N2O3S. The van der Waals surface area contributed by atoms with Gasteiger partial charge in [0.2, 0.25) is 10.0 Å². The first-order chi connectivity index (χ1) is 7.09. The molecule has 0 saturated carbocycles. The van der Waals surface area contributed by atoms with E-state index in [4.69, 9.17) is 10.00 Å². The van der Waals surface area contributed by atoms with Crippen molar-refractivity contribution in [2.75, 3.05) is 18.9 Å². The quantitative estimate of drug-likeness (QED) is 0.736. The topological polar surface area (TPSA) is 79.2 Å². The van der Waals surface area contributed by atoms with Crippen LogP contribution >= 0.6 is 0 Å². The van der Waals surface area contributed by atoms with Crippen molar-refractivity contribution in [2.24, 2.45) is 5.92 Å². The molecule has 1 fully saturated rings. The first-order valence-electron chi connectivity index (χ1n) is 5.05. The molecule has 2 unspecified atom stereocenters. The number of hydrogen-bond donors (Lipinski definition) is 1. The van der Waals surface area contributed by atoms with Gasteiger partial charge in [0, 0.05) is 19.1 Å². The summed E-state index contributed by atoms with van der Waals surface area (Å²) in [5.41, 5.74) is 0. The van der Waals surface area contributed by atoms with Crippen LogP contribution in [-0.4, -0.2) is 33.4 Å². The number of sulfonamides is 1. The van der Waals surface area contributed by atoms with Gasteiger partial charge in [-0.15, -0.1) is 0 Å². The van der Waals surface area contributed by atoms with Crippen LogP contribution < -0.4 is 4.72 Å². The fourth-order valence-electron chi connectivity index (χ4n) is 1.75. The van der Waals surface area contributed by atoms with Gasteiger partial charge in [-0.2, -0.15) is 5.26 Å². The zero-order valence-corrected chi connectivity index (χ0v) is 9.59. The van der Waals surface area contributed by atoms with Crippen molar-refractivity contribution in [3.8, 4) is 6.07 Å². The summed E-state index contributed by atoms with van der Waals surface area (Å²) >= 11 is 0. The average Bonchev–Trinajstić information content (AvgIpc) is 2.62. The Morgan fingerprint density at radius 1 is 1.60 bits per heavy atom. The second-order valence-electron chi connectivity index (χ2n) is 3.63. The number of rotatable bonds is 5. The molecule has 2 atom stereocenters. The van der Waals surface area contributed by atoms with Crippen LogP contribution in [0.4, 0.5) is 0 Å². The van der Waals surface area contributed by atoms with E-state index >= 15 is 0 Å². The summed E-state index contributed by atoms with van der Waals surface area (Å²) in [6, 6.07) is 1.63. The lowest BCUT2D eigenvalue weighted by molar-refractivity contribution is 0.0884. The lowest BCUT2D eigenvalue weighted by atomic mass is 10.0. The molecule has 86 valence electrons. The number of nitriles is 1. The molecule has 1 heterocycles. The zero-order chi connectivity index (χ0) is 11.3. The molecule has 1 rings (SSSR count). The largest absolute Gasteiger partial charge is 0.378 e. The monoisotopic (exact) mass is 232 g/mol. The molecule has 15 heavy (non-hydrogen) atoms. The molecule has 1 aliphatic heterocycles. The normalized spacial score (nSPS) is 26.4. The molecule has 0 aromatic rings. The highest BCUT2D eigenvalue weighted by Gasteiger charge is 2.27. The van der Waals surface area contributed by atoms with Gasteiger partial charge in [0.15, 0.2) is 5.75 Å². The highest BCUT2D eigenvalue weighted by Crippen LogP contribution is 2.22. The summed E-state index contributed by atoms with van der Waals surface area (Å²) < 4.78 is 30.3. The molecule has 0 spiro atoms. The van der Waals surface area contributed by atoms with Gasteiger partial charge >= 0.3 is 0 Å². The van der Waals surface area contributed by atoms with Gasteiger partial charge in [-0.25, -0.2) is 13.1 Å². The van der Waals surface area contributed by atoms with Crippen LogP contribution in [0, 0.1) is 17.2 Å².